The molecule has 0 aliphatic heterocycles. The smallest absolute Gasteiger partial charge is 0.0281 e. The molecule has 4 aliphatic rings. The number of hydrogen-bond donors (Lipinski definition) is 0. The van der Waals surface area contributed by atoms with Crippen LogP contribution < -0.4 is 0 Å². The summed E-state index contributed by atoms with van der Waals surface area (Å²) in [5.41, 5.74) is 1.88. The maximum atomic E-state index is 1.67. The second-order valence-corrected chi connectivity index (χ2v) is 6.83. The van der Waals surface area contributed by atoms with Gasteiger partial charge in [0.2, 0.25) is 0 Å². The molecule has 4 aliphatic carbocycles. The standard InChI is InChI=1S/C12H16/c1-7-8-2-11(1)5-12(6-11)3-9(7)10(8)4-12/h7-10H,1-6H2. The molecule has 4 fully saturated rings. The highest BCUT2D eigenvalue weighted by Crippen LogP contribution is 2.84. The fraction of sp³-hybridized carbons (Fsp3) is 1.00. The fourth-order valence-electron chi connectivity index (χ4n) is 6.62. The van der Waals surface area contributed by atoms with Crippen LogP contribution in [0.25, 0.3) is 0 Å². The second-order valence-electron chi connectivity index (χ2n) is 6.83. The molecular weight excluding hydrogens is 144 g/mol. The monoisotopic (exact) mass is 160 g/mol. The van der Waals surface area contributed by atoms with E-state index in [9.17, 15) is 0 Å². The Bertz CT molecular complexity index is 224. The van der Waals surface area contributed by atoms with Crippen molar-refractivity contribution in [2.45, 2.75) is 38.5 Å². The maximum Gasteiger partial charge on any atom is -0.0281 e. The summed E-state index contributed by atoms with van der Waals surface area (Å²) in [7, 11) is 0. The van der Waals surface area contributed by atoms with Gasteiger partial charge < -0.3 is 0 Å². The number of hydrogen-bond acceptors (Lipinski definition) is 0. The molecule has 0 unspecified atom stereocenters. The van der Waals surface area contributed by atoms with Crippen LogP contribution in [0.3, 0.4) is 0 Å². The lowest BCUT2D eigenvalue weighted by Gasteiger charge is -2.52. The molecule has 0 aromatic rings. The van der Waals surface area contributed by atoms with Crippen LogP contribution >= 0.6 is 0 Å². The first-order chi connectivity index (χ1) is 5.79. The van der Waals surface area contributed by atoms with Crippen molar-refractivity contribution in [2.75, 3.05) is 0 Å². The lowest BCUT2D eigenvalue weighted by molar-refractivity contribution is -0.0196. The van der Waals surface area contributed by atoms with E-state index >= 15 is 0 Å². The van der Waals surface area contributed by atoms with Crippen LogP contribution in [0.1, 0.15) is 38.5 Å². The van der Waals surface area contributed by atoms with Gasteiger partial charge in [0.1, 0.15) is 0 Å². The van der Waals surface area contributed by atoms with Gasteiger partial charge in [-0.3, -0.25) is 0 Å². The highest BCUT2D eigenvalue weighted by atomic mass is 14.8. The van der Waals surface area contributed by atoms with Gasteiger partial charge >= 0.3 is 0 Å². The van der Waals surface area contributed by atoms with Gasteiger partial charge in [-0.2, -0.15) is 0 Å². The summed E-state index contributed by atoms with van der Waals surface area (Å²) < 4.78 is 0. The van der Waals surface area contributed by atoms with Gasteiger partial charge in [-0.25, -0.2) is 0 Å². The van der Waals surface area contributed by atoms with Crippen LogP contribution in [0.5, 0.6) is 0 Å². The average molecular weight is 160 g/mol. The van der Waals surface area contributed by atoms with E-state index in [0.717, 1.165) is 10.8 Å². The minimum atomic E-state index is 0.940. The van der Waals surface area contributed by atoms with Crippen molar-refractivity contribution in [3.63, 3.8) is 0 Å². The molecule has 0 radical (unpaired) electrons. The molecule has 0 heterocycles. The third-order valence-corrected chi connectivity index (χ3v) is 6.37. The first kappa shape index (κ1) is 5.67. The summed E-state index contributed by atoms with van der Waals surface area (Å²) in [4.78, 5) is 0. The zero-order valence-corrected chi connectivity index (χ0v) is 7.55. The van der Waals surface area contributed by atoms with Crippen LogP contribution in [0.2, 0.25) is 0 Å². The predicted octanol–water partition coefficient (Wildman–Crippen LogP) is 2.83. The van der Waals surface area contributed by atoms with Gasteiger partial charge in [0.05, 0.1) is 0 Å². The topological polar surface area (TPSA) is 0 Å². The molecule has 0 atom stereocenters. The molecule has 0 amide bonds. The molecule has 0 heteroatoms. The van der Waals surface area contributed by atoms with Crippen LogP contribution in [0.4, 0.5) is 0 Å². The van der Waals surface area contributed by atoms with Crippen LogP contribution in [0.15, 0.2) is 0 Å². The van der Waals surface area contributed by atoms with E-state index < -0.39 is 0 Å². The van der Waals surface area contributed by atoms with Gasteiger partial charge in [-0.15, -0.1) is 0 Å². The van der Waals surface area contributed by atoms with Crippen molar-refractivity contribution in [3.8, 4) is 0 Å². The van der Waals surface area contributed by atoms with Gasteiger partial charge in [-0.1, -0.05) is 0 Å². The molecule has 0 N–H and O–H groups in total. The van der Waals surface area contributed by atoms with Gasteiger partial charge in [0.25, 0.3) is 0 Å². The molecule has 4 rings (SSSR count). The summed E-state index contributed by atoms with van der Waals surface area (Å²) in [5, 5.41) is 0. The van der Waals surface area contributed by atoms with E-state index in [0.29, 0.717) is 0 Å². The molecule has 0 aromatic heterocycles. The van der Waals surface area contributed by atoms with Gasteiger partial charge in [-0.05, 0) is 73.0 Å². The quantitative estimate of drug-likeness (QED) is 0.511. The average Bonchev–Trinajstić information content (AvgIpc) is 2.20. The zero-order chi connectivity index (χ0) is 7.55. The Labute approximate surface area is 73.7 Å². The Morgan fingerprint density at radius 2 is 0.917 bits per heavy atom. The lowest BCUT2D eigenvalue weighted by atomic mass is 9.52. The Kier molecular flexibility index (Phi) is 0.578. The summed E-state index contributed by atoms with van der Waals surface area (Å²) >= 11 is 0. The summed E-state index contributed by atoms with van der Waals surface area (Å²) in [6.45, 7) is 0. The second kappa shape index (κ2) is 1.22. The zero-order valence-electron chi connectivity index (χ0n) is 7.55. The molecule has 64 valence electrons. The van der Waals surface area contributed by atoms with Crippen LogP contribution in [-0.4, -0.2) is 0 Å². The largest absolute Gasteiger partial charge is 0.0441 e. The van der Waals surface area contributed by atoms with E-state index in [-0.39, 0.29) is 0 Å². The molecule has 12 heavy (non-hydrogen) atoms. The van der Waals surface area contributed by atoms with E-state index in [1.54, 1.807) is 38.5 Å². The van der Waals surface area contributed by atoms with Gasteiger partial charge in [0, 0.05) is 0 Å². The predicted molar refractivity (Wildman–Crippen MR) is 46.5 cm³/mol. The Morgan fingerprint density at radius 1 is 0.583 bits per heavy atom. The molecule has 4 saturated carbocycles. The summed E-state index contributed by atoms with van der Waals surface area (Å²) in [6, 6.07) is 0. The normalized spacial score (nSPS) is 80.0. The van der Waals surface area contributed by atoms with E-state index in [2.05, 4.69) is 0 Å². The maximum absolute atomic E-state index is 1.67. The van der Waals surface area contributed by atoms with Crippen LogP contribution in [0, 0.1) is 34.5 Å². The van der Waals surface area contributed by atoms with Crippen molar-refractivity contribution in [1.29, 1.82) is 0 Å². The highest BCUT2D eigenvalue weighted by molar-refractivity contribution is 5.25. The minimum absolute atomic E-state index is 0.940. The molecule has 0 aromatic carbocycles. The van der Waals surface area contributed by atoms with Gasteiger partial charge in [0.15, 0.2) is 0 Å². The van der Waals surface area contributed by atoms with Crippen molar-refractivity contribution in [2.24, 2.45) is 34.5 Å². The SMILES string of the molecule is C1C2C3CC14CC1(CC2C3C1)C4. The van der Waals surface area contributed by atoms with Crippen molar-refractivity contribution in [1.82, 2.24) is 0 Å². The number of fused-ring (bicyclic) bond motifs is 4. The molecule has 0 saturated heterocycles. The molecular formula is C12H16. The fourth-order valence-corrected chi connectivity index (χ4v) is 6.62. The number of rotatable bonds is 0. The molecule has 0 bridgehead atoms. The highest BCUT2D eigenvalue weighted by Gasteiger charge is 2.75. The van der Waals surface area contributed by atoms with Crippen molar-refractivity contribution >= 4 is 0 Å². The third-order valence-electron chi connectivity index (χ3n) is 6.37. The summed E-state index contributed by atoms with van der Waals surface area (Å²) in [6.07, 6.45) is 10.0. The van der Waals surface area contributed by atoms with Crippen LogP contribution in [-0.2, 0) is 0 Å². The summed E-state index contributed by atoms with van der Waals surface area (Å²) in [5.74, 6) is 4.95. The van der Waals surface area contributed by atoms with E-state index in [4.69, 9.17) is 0 Å². The Hall–Kier alpha value is 0. The third kappa shape index (κ3) is 0.352. The van der Waals surface area contributed by atoms with Crippen molar-refractivity contribution in [3.05, 3.63) is 0 Å². The lowest BCUT2D eigenvalue weighted by Crippen LogP contribution is -2.42. The minimum Gasteiger partial charge on any atom is -0.0441 e. The Morgan fingerprint density at radius 3 is 1.25 bits per heavy atom. The van der Waals surface area contributed by atoms with E-state index in [1.807, 2.05) is 0 Å². The van der Waals surface area contributed by atoms with E-state index in [1.165, 1.54) is 23.7 Å². The first-order valence-corrected chi connectivity index (χ1v) is 5.79. The molecule has 0 nitrogen and oxygen atoms in total. The van der Waals surface area contributed by atoms with Crippen molar-refractivity contribution < 1.29 is 0 Å². The first-order valence-electron chi connectivity index (χ1n) is 5.79. The molecule has 2 spiro atoms. The Balaban J connectivity index is 1.83.